The standard InChI is InChI=1S/C22H24F2N4/c1-16-11-12-27(13-14-28(16)15-17-7-3-2-4-8-17)22-18-9-5-6-10-19(18)25-21(26-22)20(23)24/h2-10,16,20H,11-15H2,1H3. The molecule has 0 N–H and O–H groups in total. The molecule has 1 saturated heterocycles. The van der Waals surface area contributed by atoms with Crippen LogP contribution in [0.2, 0.25) is 0 Å². The van der Waals surface area contributed by atoms with Crippen molar-refractivity contribution in [1.82, 2.24) is 14.9 Å². The number of rotatable bonds is 4. The molecular formula is C22H24F2N4. The molecule has 2 aromatic carbocycles. The van der Waals surface area contributed by atoms with Crippen molar-refractivity contribution in [3.8, 4) is 0 Å². The number of aromatic nitrogens is 2. The van der Waals surface area contributed by atoms with Gasteiger partial charge in [0.15, 0.2) is 5.82 Å². The molecule has 1 aliphatic rings. The monoisotopic (exact) mass is 382 g/mol. The third-order valence-corrected chi connectivity index (χ3v) is 5.42. The Morgan fingerprint density at radius 1 is 0.964 bits per heavy atom. The van der Waals surface area contributed by atoms with Crippen molar-refractivity contribution < 1.29 is 8.78 Å². The Morgan fingerprint density at radius 2 is 1.71 bits per heavy atom. The predicted octanol–water partition coefficient (Wildman–Crippen LogP) is 4.67. The van der Waals surface area contributed by atoms with Crippen molar-refractivity contribution in [2.45, 2.75) is 32.4 Å². The second-order valence-electron chi connectivity index (χ2n) is 7.30. The molecule has 4 nitrogen and oxygen atoms in total. The van der Waals surface area contributed by atoms with Crippen LogP contribution in [0.1, 0.15) is 31.2 Å². The van der Waals surface area contributed by atoms with E-state index in [1.54, 1.807) is 6.07 Å². The Hall–Kier alpha value is -2.60. The Bertz CT molecular complexity index is 932. The van der Waals surface area contributed by atoms with E-state index in [1.165, 1.54) is 5.56 Å². The molecule has 2 heterocycles. The van der Waals surface area contributed by atoms with Crippen LogP contribution in [-0.4, -0.2) is 40.5 Å². The normalized spacial score (nSPS) is 18.6. The van der Waals surface area contributed by atoms with Crippen LogP contribution < -0.4 is 4.90 Å². The summed E-state index contributed by atoms with van der Waals surface area (Å²) in [6, 6.07) is 18.2. The Labute approximate surface area is 163 Å². The summed E-state index contributed by atoms with van der Waals surface area (Å²) in [7, 11) is 0. The first-order valence-corrected chi connectivity index (χ1v) is 9.69. The largest absolute Gasteiger partial charge is 0.355 e. The zero-order chi connectivity index (χ0) is 19.5. The van der Waals surface area contributed by atoms with Crippen LogP contribution in [0.3, 0.4) is 0 Å². The van der Waals surface area contributed by atoms with Crippen molar-refractivity contribution >= 4 is 16.7 Å². The molecule has 28 heavy (non-hydrogen) atoms. The molecule has 1 fully saturated rings. The lowest BCUT2D eigenvalue weighted by atomic mass is 10.1. The molecule has 0 saturated carbocycles. The van der Waals surface area contributed by atoms with Crippen molar-refractivity contribution in [3.05, 3.63) is 66.0 Å². The molecule has 0 aliphatic carbocycles. The molecule has 146 valence electrons. The highest BCUT2D eigenvalue weighted by atomic mass is 19.3. The maximum Gasteiger partial charge on any atom is 0.297 e. The highest BCUT2D eigenvalue weighted by Gasteiger charge is 2.24. The molecule has 3 aromatic rings. The van der Waals surface area contributed by atoms with Gasteiger partial charge in [-0.3, -0.25) is 4.90 Å². The number of hydrogen-bond donors (Lipinski definition) is 0. The summed E-state index contributed by atoms with van der Waals surface area (Å²) in [6.45, 7) is 5.52. The maximum absolute atomic E-state index is 13.3. The first kappa shape index (κ1) is 18.7. The Morgan fingerprint density at radius 3 is 2.50 bits per heavy atom. The van der Waals surface area contributed by atoms with Crippen LogP contribution in [0.5, 0.6) is 0 Å². The van der Waals surface area contributed by atoms with Gasteiger partial charge in [0.1, 0.15) is 5.82 Å². The van der Waals surface area contributed by atoms with Gasteiger partial charge in [0, 0.05) is 37.6 Å². The van der Waals surface area contributed by atoms with Gasteiger partial charge in [-0.2, -0.15) is 0 Å². The van der Waals surface area contributed by atoms with Crippen molar-refractivity contribution in [2.75, 3.05) is 24.5 Å². The number of hydrogen-bond acceptors (Lipinski definition) is 4. The molecular weight excluding hydrogens is 358 g/mol. The summed E-state index contributed by atoms with van der Waals surface area (Å²) in [6.07, 6.45) is -1.72. The lowest BCUT2D eigenvalue weighted by Gasteiger charge is -2.26. The van der Waals surface area contributed by atoms with E-state index in [-0.39, 0.29) is 0 Å². The van der Waals surface area contributed by atoms with Gasteiger partial charge in [0.05, 0.1) is 5.52 Å². The predicted molar refractivity (Wildman–Crippen MR) is 108 cm³/mol. The van der Waals surface area contributed by atoms with E-state index in [2.05, 4.69) is 51.0 Å². The second-order valence-corrected chi connectivity index (χ2v) is 7.30. The van der Waals surface area contributed by atoms with Crippen molar-refractivity contribution in [2.24, 2.45) is 0 Å². The average molecular weight is 382 g/mol. The van der Waals surface area contributed by atoms with Crippen molar-refractivity contribution in [1.29, 1.82) is 0 Å². The van der Waals surface area contributed by atoms with Crippen LogP contribution in [-0.2, 0) is 6.54 Å². The van der Waals surface area contributed by atoms with Crippen LogP contribution in [0, 0.1) is 0 Å². The molecule has 0 spiro atoms. The number of alkyl halides is 2. The number of benzene rings is 2. The van der Waals surface area contributed by atoms with Gasteiger partial charge < -0.3 is 4.90 Å². The van der Waals surface area contributed by atoms with Crippen molar-refractivity contribution in [3.63, 3.8) is 0 Å². The minimum Gasteiger partial charge on any atom is -0.355 e. The molecule has 1 unspecified atom stereocenters. The second kappa shape index (κ2) is 8.19. The van der Waals surface area contributed by atoms with Gasteiger partial charge in [-0.15, -0.1) is 0 Å². The maximum atomic E-state index is 13.3. The van der Waals surface area contributed by atoms with Gasteiger partial charge in [-0.25, -0.2) is 18.7 Å². The molecule has 4 rings (SSSR count). The van der Waals surface area contributed by atoms with E-state index >= 15 is 0 Å². The smallest absolute Gasteiger partial charge is 0.297 e. The summed E-state index contributed by atoms with van der Waals surface area (Å²) in [5.74, 6) is 0.224. The van der Waals surface area contributed by atoms with Crippen LogP contribution in [0.4, 0.5) is 14.6 Å². The summed E-state index contributed by atoms with van der Waals surface area (Å²) in [5.41, 5.74) is 1.86. The Kier molecular flexibility index (Phi) is 5.48. The molecule has 6 heteroatoms. The first-order chi connectivity index (χ1) is 13.6. The van der Waals surface area contributed by atoms with Gasteiger partial charge in [0.2, 0.25) is 0 Å². The quantitative estimate of drug-likeness (QED) is 0.656. The van der Waals surface area contributed by atoms with Crippen LogP contribution in [0.25, 0.3) is 10.9 Å². The van der Waals surface area contributed by atoms with E-state index in [0.717, 1.165) is 38.0 Å². The number of para-hydroxylation sites is 1. The highest BCUT2D eigenvalue weighted by molar-refractivity contribution is 5.89. The van der Waals surface area contributed by atoms with Gasteiger partial charge >= 0.3 is 0 Å². The fourth-order valence-corrected chi connectivity index (χ4v) is 3.79. The van der Waals surface area contributed by atoms with E-state index in [1.807, 2.05) is 24.3 Å². The van der Waals surface area contributed by atoms with E-state index in [0.29, 0.717) is 17.4 Å². The van der Waals surface area contributed by atoms with Crippen LogP contribution >= 0.6 is 0 Å². The lowest BCUT2D eigenvalue weighted by molar-refractivity contribution is 0.141. The third-order valence-electron chi connectivity index (χ3n) is 5.42. The number of nitrogens with zero attached hydrogens (tertiary/aromatic N) is 4. The Balaban J connectivity index is 1.60. The molecule has 1 atom stereocenters. The summed E-state index contributed by atoms with van der Waals surface area (Å²) >= 11 is 0. The summed E-state index contributed by atoms with van der Waals surface area (Å²) in [5, 5.41) is 0.830. The SMILES string of the molecule is CC1CCN(c2nc(C(F)F)nc3ccccc23)CCN1Cc1ccccc1. The fourth-order valence-electron chi connectivity index (χ4n) is 3.79. The zero-order valence-electron chi connectivity index (χ0n) is 15.9. The topological polar surface area (TPSA) is 32.3 Å². The molecule has 1 aliphatic heterocycles. The molecule has 1 aromatic heterocycles. The van der Waals surface area contributed by atoms with Gasteiger partial charge in [0.25, 0.3) is 6.43 Å². The number of fused-ring (bicyclic) bond motifs is 1. The van der Waals surface area contributed by atoms with E-state index in [9.17, 15) is 8.78 Å². The highest BCUT2D eigenvalue weighted by Crippen LogP contribution is 2.28. The minimum atomic E-state index is -2.68. The zero-order valence-corrected chi connectivity index (χ0v) is 15.9. The van der Waals surface area contributed by atoms with Crippen LogP contribution in [0.15, 0.2) is 54.6 Å². The molecule has 0 radical (unpaired) electrons. The molecule has 0 bridgehead atoms. The summed E-state index contributed by atoms with van der Waals surface area (Å²) in [4.78, 5) is 12.9. The number of halogens is 2. The number of anilines is 1. The fraction of sp³-hybridized carbons (Fsp3) is 0.364. The summed E-state index contributed by atoms with van der Waals surface area (Å²) < 4.78 is 26.7. The molecule has 0 amide bonds. The minimum absolute atomic E-state index is 0.396. The lowest BCUT2D eigenvalue weighted by Crippen LogP contribution is -2.34. The first-order valence-electron chi connectivity index (χ1n) is 9.69. The van der Waals surface area contributed by atoms with Gasteiger partial charge in [-0.05, 0) is 31.0 Å². The van der Waals surface area contributed by atoms with E-state index < -0.39 is 12.2 Å². The van der Waals surface area contributed by atoms with Gasteiger partial charge in [-0.1, -0.05) is 42.5 Å². The average Bonchev–Trinajstić information content (AvgIpc) is 2.90. The van der Waals surface area contributed by atoms with E-state index in [4.69, 9.17) is 0 Å². The third kappa shape index (κ3) is 3.97.